The Hall–Kier alpha value is -0.910. The minimum Gasteiger partial charge on any atom is -0.368 e. The first-order chi connectivity index (χ1) is 6.11. The van der Waals surface area contributed by atoms with Crippen molar-refractivity contribution in [2.45, 2.75) is 12.5 Å². The SMILES string of the molecule is CNC(=O)N[C@@H](CCSC)C(N)=O. The molecule has 6 heteroatoms. The van der Waals surface area contributed by atoms with Crippen LogP contribution in [-0.4, -0.2) is 37.0 Å². The normalized spacial score (nSPS) is 11.8. The maximum Gasteiger partial charge on any atom is 0.315 e. The lowest BCUT2D eigenvalue weighted by Crippen LogP contribution is -2.47. The second-order valence-electron chi connectivity index (χ2n) is 2.46. The molecule has 1 atom stereocenters. The van der Waals surface area contributed by atoms with E-state index in [0.717, 1.165) is 5.75 Å². The maximum absolute atomic E-state index is 10.9. The Labute approximate surface area is 81.8 Å². The first-order valence-electron chi connectivity index (χ1n) is 3.88. The van der Waals surface area contributed by atoms with Crippen LogP contribution >= 0.6 is 11.8 Å². The highest BCUT2D eigenvalue weighted by Crippen LogP contribution is 1.99. The fraction of sp³-hybridized carbons (Fsp3) is 0.714. The third-order valence-electron chi connectivity index (χ3n) is 1.49. The van der Waals surface area contributed by atoms with Gasteiger partial charge in [0.25, 0.3) is 0 Å². The van der Waals surface area contributed by atoms with E-state index >= 15 is 0 Å². The summed E-state index contributed by atoms with van der Waals surface area (Å²) in [6.45, 7) is 0. The first kappa shape index (κ1) is 12.1. The van der Waals surface area contributed by atoms with E-state index in [1.807, 2.05) is 6.26 Å². The molecule has 0 heterocycles. The van der Waals surface area contributed by atoms with Crippen molar-refractivity contribution >= 4 is 23.7 Å². The standard InChI is InChI=1S/C7H15N3O2S/c1-9-7(12)10-5(6(8)11)3-4-13-2/h5H,3-4H2,1-2H3,(H2,8,11)(H2,9,10,12)/t5-/m0/s1. The topological polar surface area (TPSA) is 84.2 Å². The average molecular weight is 205 g/mol. The van der Waals surface area contributed by atoms with Gasteiger partial charge >= 0.3 is 6.03 Å². The number of carbonyl (C=O) groups is 2. The number of nitrogens with one attached hydrogen (secondary N) is 2. The Morgan fingerprint density at radius 2 is 2.15 bits per heavy atom. The van der Waals surface area contributed by atoms with Crippen molar-refractivity contribution in [2.75, 3.05) is 19.1 Å². The summed E-state index contributed by atoms with van der Waals surface area (Å²) in [5.74, 6) is 0.287. The number of nitrogens with two attached hydrogens (primary N) is 1. The van der Waals surface area contributed by atoms with Crippen LogP contribution in [0.1, 0.15) is 6.42 Å². The summed E-state index contributed by atoms with van der Waals surface area (Å²) in [6, 6.07) is -0.961. The van der Waals surface area contributed by atoms with Crippen LogP contribution in [0, 0.1) is 0 Å². The summed E-state index contributed by atoms with van der Waals surface area (Å²) >= 11 is 1.60. The van der Waals surface area contributed by atoms with Crippen LogP contribution in [0.5, 0.6) is 0 Å². The zero-order valence-corrected chi connectivity index (χ0v) is 8.61. The minimum absolute atomic E-state index is 0.384. The molecule has 0 saturated heterocycles. The maximum atomic E-state index is 10.9. The van der Waals surface area contributed by atoms with Crippen LogP contribution in [0.3, 0.4) is 0 Å². The molecule has 3 amide bonds. The molecule has 0 aromatic heterocycles. The van der Waals surface area contributed by atoms with Crippen LogP contribution in [0.25, 0.3) is 0 Å². The van der Waals surface area contributed by atoms with E-state index < -0.39 is 11.9 Å². The molecule has 0 fully saturated rings. The van der Waals surface area contributed by atoms with E-state index in [2.05, 4.69) is 10.6 Å². The molecule has 4 N–H and O–H groups in total. The van der Waals surface area contributed by atoms with Crippen molar-refractivity contribution in [3.63, 3.8) is 0 Å². The molecule has 0 aliphatic carbocycles. The lowest BCUT2D eigenvalue weighted by Gasteiger charge is -2.13. The lowest BCUT2D eigenvalue weighted by atomic mass is 10.2. The van der Waals surface area contributed by atoms with Crippen LogP contribution in [0.2, 0.25) is 0 Å². The van der Waals surface area contributed by atoms with Crippen LogP contribution in [0.4, 0.5) is 4.79 Å². The van der Waals surface area contributed by atoms with Crippen molar-refractivity contribution in [1.29, 1.82) is 0 Å². The third-order valence-corrected chi connectivity index (χ3v) is 2.13. The van der Waals surface area contributed by atoms with Crippen molar-refractivity contribution in [3.8, 4) is 0 Å². The summed E-state index contributed by atoms with van der Waals surface area (Å²) in [4.78, 5) is 21.7. The molecule has 13 heavy (non-hydrogen) atoms. The zero-order chi connectivity index (χ0) is 10.3. The number of carbonyl (C=O) groups excluding carboxylic acids is 2. The number of hydrogen-bond acceptors (Lipinski definition) is 3. The number of hydrogen-bond donors (Lipinski definition) is 3. The zero-order valence-electron chi connectivity index (χ0n) is 7.79. The second-order valence-corrected chi connectivity index (χ2v) is 3.45. The predicted molar refractivity (Wildman–Crippen MR) is 53.6 cm³/mol. The van der Waals surface area contributed by atoms with Crippen LogP contribution in [-0.2, 0) is 4.79 Å². The Kier molecular flexibility index (Phi) is 6.13. The Bertz CT molecular complexity index is 187. The molecule has 0 aliphatic rings. The molecule has 76 valence electrons. The van der Waals surface area contributed by atoms with Gasteiger partial charge in [0.05, 0.1) is 0 Å². The highest BCUT2D eigenvalue weighted by molar-refractivity contribution is 7.98. The van der Waals surface area contributed by atoms with E-state index in [0.29, 0.717) is 6.42 Å². The third kappa shape index (κ3) is 5.35. The van der Waals surface area contributed by atoms with Gasteiger partial charge in [0.2, 0.25) is 5.91 Å². The number of thioether (sulfide) groups is 1. The Morgan fingerprint density at radius 3 is 2.54 bits per heavy atom. The van der Waals surface area contributed by atoms with Crippen molar-refractivity contribution in [3.05, 3.63) is 0 Å². The molecule has 0 unspecified atom stereocenters. The van der Waals surface area contributed by atoms with Crippen molar-refractivity contribution in [1.82, 2.24) is 10.6 Å². The minimum atomic E-state index is -0.576. The highest BCUT2D eigenvalue weighted by atomic mass is 32.2. The van der Waals surface area contributed by atoms with Gasteiger partial charge in [-0.25, -0.2) is 4.79 Å². The molecule has 0 rings (SSSR count). The van der Waals surface area contributed by atoms with Gasteiger partial charge in [-0.2, -0.15) is 11.8 Å². The van der Waals surface area contributed by atoms with E-state index in [1.54, 1.807) is 11.8 Å². The second kappa shape index (κ2) is 6.59. The molecule has 0 aromatic rings. The summed E-state index contributed by atoms with van der Waals surface area (Å²) in [7, 11) is 1.49. The van der Waals surface area contributed by atoms with Gasteiger partial charge in [0.1, 0.15) is 6.04 Å². The van der Waals surface area contributed by atoms with Gasteiger partial charge in [-0.3, -0.25) is 4.79 Å². The molecular formula is C7H15N3O2S. The fourth-order valence-electron chi connectivity index (χ4n) is 0.752. The van der Waals surface area contributed by atoms with Gasteiger partial charge in [-0.1, -0.05) is 0 Å². The van der Waals surface area contributed by atoms with E-state index in [1.165, 1.54) is 7.05 Å². The molecule has 0 spiro atoms. The van der Waals surface area contributed by atoms with E-state index in [4.69, 9.17) is 5.73 Å². The van der Waals surface area contributed by atoms with Crippen LogP contribution < -0.4 is 16.4 Å². The summed E-state index contributed by atoms with van der Waals surface area (Å²) in [5.41, 5.74) is 5.09. The molecule has 0 radical (unpaired) electrons. The Balaban J connectivity index is 3.94. The smallest absolute Gasteiger partial charge is 0.315 e. The molecular weight excluding hydrogens is 190 g/mol. The van der Waals surface area contributed by atoms with Gasteiger partial charge in [0, 0.05) is 7.05 Å². The average Bonchev–Trinajstić information content (AvgIpc) is 2.11. The van der Waals surface area contributed by atoms with Crippen molar-refractivity contribution < 1.29 is 9.59 Å². The first-order valence-corrected chi connectivity index (χ1v) is 5.27. The molecule has 0 saturated carbocycles. The summed E-state index contributed by atoms with van der Waals surface area (Å²) in [5, 5.41) is 4.83. The lowest BCUT2D eigenvalue weighted by molar-refractivity contribution is -0.119. The quantitative estimate of drug-likeness (QED) is 0.567. The number of urea groups is 1. The van der Waals surface area contributed by atoms with Crippen molar-refractivity contribution in [2.24, 2.45) is 5.73 Å². The fourth-order valence-corrected chi connectivity index (χ4v) is 1.22. The molecule has 0 aliphatic heterocycles. The van der Waals surface area contributed by atoms with Crippen LogP contribution in [0.15, 0.2) is 0 Å². The summed E-state index contributed by atoms with van der Waals surface area (Å²) in [6.07, 6.45) is 2.49. The molecule has 0 bridgehead atoms. The molecule has 0 aromatic carbocycles. The largest absolute Gasteiger partial charge is 0.368 e. The number of rotatable bonds is 5. The monoisotopic (exact) mass is 205 g/mol. The van der Waals surface area contributed by atoms with Gasteiger partial charge in [-0.15, -0.1) is 0 Å². The molecule has 5 nitrogen and oxygen atoms in total. The predicted octanol–water partition coefficient (Wildman–Crippen LogP) is -0.478. The van der Waals surface area contributed by atoms with E-state index in [-0.39, 0.29) is 6.03 Å². The number of amides is 3. The van der Waals surface area contributed by atoms with Gasteiger partial charge < -0.3 is 16.4 Å². The van der Waals surface area contributed by atoms with E-state index in [9.17, 15) is 9.59 Å². The number of primary amides is 1. The highest BCUT2D eigenvalue weighted by Gasteiger charge is 2.16. The Morgan fingerprint density at radius 1 is 1.54 bits per heavy atom. The van der Waals surface area contributed by atoms with Gasteiger partial charge in [-0.05, 0) is 18.4 Å². The van der Waals surface area contributed by atoms with Gasteiger partial charge in [0.15, 0.2) is 0 Å². The summed E-state index contributed by atoms with van der Waals surface area (Å²) < 4.78 is 0.